The van der Waals surface area contributed by atoms with E-state index in [9.17, 15) is 9.59 Å². The fourth-order valence-electron chi connectivity index (χ4n) is 1.13. The van der Waals surface area contributed by atoms with E-state index in [0.29, 0.717) is 11.3 Å². The van der Waals surface area contributed by atoms with Crippen LogP contribution >= 0.6 is 0 Å². The lowest BCUT2D eigenvalue weighted by Gasteiger charge is -2.06. The van der Waals surface area contributed by atoms with Crippen molar-refractivity contribution in [1.82, 2.24) is 0 Å². The molecule has 0 bridgehead atoms. The number of anilines is 1. The topological polar surface area (TPSA) is 88.4 Å². The number of hydrogen-bond acceptors (Lipinski definition) is 5. The minimum absolute atomic E-state index is 0.190. The third-order valence-electron chi connectivity index (χ3n) is 1.92. The van der Waals surface area contributed by atoms with E-state index in [1.54, 1.807) is 24.3 Å². The number of nitrogens with zero attached hydrogens (tertiary/aromatic N) is 1. The van der Waals surface area contributed by atoms with Crippen molar-refractivity contribution in [2.75, 3.05) is 25.6 Å². The molecular weight excluding hydrogens is 236 g/mol. The van der Waals surface area contributed by atoms with Gasteiger partial charge in [-0.05, 0) is 24.3 Å². The van der Waals surface area contributed by atoms with Crippen molar-refractivity contribution < 1.29 is 19.1 Å². The minimum Gasteiger partial charge on any atom is -0.454 e. The number of carbonyl (C=O) groups is 2. The Hall–Kier alpha value is -2.39. The van der Waals surface area contributed by atoms with Gasteiger partial charge in [0.2, 0.25) is 0 Å². The van der Waals surface area contributed by atoms with E-state index >= 15 is 0 Å². The maximum Gasteiger partial charge on any atom is 0.332 e. The molecule has 1 N–H and O–H groups in total. The number of carbonyl (C=O) groups excluding carboxylic acids is 2. The standard InChI is InChI=1S/C12H12N2O4/c1-17-8-12(16)18-7-11(15)14-10-4-2-9(6-13)3-5-10/h2-5H,7-8H2,1H3,(H,14,15). The van der Waals surface area contributed by atoms with Crippen LogP contribution in [0.5, 0.6) is 0 Å². The van der Waals surface area contributed by atoms with Gasteiger partial charge in [-0.3, -0.25) is 4.79 Å². The molecule has 0 atom stereocenters. The number of esters is 1. The van der Waals surface area contributed by atoms with E-state index in [4.69, 9.17) is 5.26 Å². The highest BCUT2D eigenvalue weighted by atomic mass is 16.6. The lowest BCUT2D eigenvalue weighted by molar-refractivity contribution is -0.150. The first kappa shape index (κ1) is 13.7. The van der Waals surface area contributed by atoms with Crippen molar-refractivity contribution in [3.63, 3.8) is 0 Å². The Labute approximate surface area is 104 Å². The molecule has 94 valence electrons. The quantitative estimate of drug-likeness (QED) is 0.774. The van der Waals surface area contributed by atoms with E-state index in [1.807, 2.05) is 6.07 Å². The largest absolute Gasteiger partial charge is 0.454 e. The molecule has 0 aliphatic rings. The van der Waals surface area contributed by atoms with E-state index < -0.39 is 11.9 Å². The molecule has 0 unspecified atom stereocenters. The van der Waals surface area contributed by atoms with Gasteiger partial charge in [0.1, 0.15) is 6.61 Å². The molecule has 6 nitrogen and oxygen atoms in total. The smallest absolute Gasteiger partial charge is 0.332 e. The summed E-state index contributed by atoms with van der Waals surface area (Å²) in [5.74, 6) is -1.06. The number of nitriles is 1. The molecule has 0 aliphatic carbocycles. The highest BCUT2D eigenvalue weighted by Crippen LogP contribution is 2.08. The van der Waals surface area contributed by atoms with E-state index in [2.05, 4.69) is 14.8 Å². The average molecular weight is 248 g/mol. The highest BCUT2D eigenvalue weighted by Gasteiger charge is 2.07. The van der Waals surface area contributed by atoms with Gasteiger partial charge in [-0.15, -0.1) is 0 Å². The van der Waals surface area contributed by atoms with E-state index in [-0.39, 0.29) is 13.2 Å². The molecule has 0 fully saturated rings. The minimum atomic E-state index is -0.604. The number of nitrogens with one attached hydrogen (secondary N) is 1. The second kappa shape index (κ2) is 7.04. The summed E-state index contributed by atoms with van der Waals surface area (Å²) in [6.45, 7) is -0.563. The van der Waals surface area contributed by atoms with Crippen molar-refractivity contribution in [3.05, 3.63) is 29.8 Å². The Morgan fingerprint density at radius 2 is 1.94 bits per heavy atom. The first-order valence-electron chi connectivity index (χ1n) is 5.10. The van der Waals surface area contributed by atoms with Gasteiger partial charge in [-0.25, -0.2) is 4.79 Å². The molecule has 0 aromatic heterocycles. The normalized spacial score (nSPS) is 9.33. The Balaban J connectivity index is 2.40. The molecule has 1 aromatic rings. The molecule has 0 radical (unpaired) electrons. The zero-order chi connectivity index (χ0) is 13.4. The predicted molar refractivity (Wildman–Crippen MR) is 62.6 cm³/mol. The predicted octanol–water partition coefficient (Wildman–Crippen LogP) is 0.686. The summed E-state index contributed by atoms with van der Waals surface area (Å²) in [5.41, 5.74) is 1.03. The number of amides is 1. The summed E-state index contributed by atoms with van der Waals surface area (Å²) in [7, 11) is 1.36. The van der Waals surface area contributed by atoms with Gasteiger partial charge in [0.25, 0.3) is 5.91 Å². The number of benzene rings is 1. The van der Waals surface area contributed by atoms with Gasteiger partial charge in [0.05, 0.1) is 11.6 Å². The van der Waals surface area contributed by atoms with Crippen LogP contribution in [-0.2, 0) is 19.1 Å². The SMILES string of the molecule is COCC(=O)OCC(=O)Nc1ccc(C#N)cc1. The third kappa shape index (κ3) is 4.63. The molecule has 0 heterocycles. The molecule has 1 rings (SSSR count). The monoisotopic (exact) mass is 248 g/mol. The summed E-state index contributed by atoms with van der Waals surface area (Å²) < 4.78 is 9.18. The first-order valence-corrected chi connectivity index (χ1v) is 5.10. The summed E-state index contributed by atoms with van der Waals surface area (Å²) in [4.78, 5) is 22.3. The van der Waals surface area contributed by atoms with Crippen LogP contribution in [0.2, 0.25) is 0 Å². The van der Waals surface area contributed by atoms with Gasteiger partial charge in [-0.2, -0.15) is 5.26 Å². The fourth-order valence-corrected chi connectivity index (χ4v) is 1.13. The number of methoxy groups -OCH3 is 1. The van der Waals surface area contributed by atoms with Gasteiger partial charge in [0, 0.05) is 12.8 Å². The second-order valence-corrected chi connectivity index (χ2v) is 3.33. The van der Waals surface area contributed by atoms with Crippen LogP contribution < -0.4 is 5.32 Å². The maximum absolute atomic E-state index is 11.4. The lowest BCUT2D eigenvalue weighted by atomic mass is 10.2. The van der Waals surface area contributed by atoms with Crippen LogP contribution in [0.4, 0.5) is 5.69 Å². The summed E-state index contributed by atoms with van der Waals surface area (Å²) in [5, 5.41) is 11.1. The lowest BCUT2D eigenvalue weighted by Crippen LogP contribution is -2.22. The molecular formula is C12H12N2O4. The molecule has 6 heteroatoms. The first-order chi connectivity index (χ1) is 8.65. The van der Waals surface area contributed by atoms with Gasteiger partial charge in [0.15, 0.2) is 6.61 Å². The number of rotatable bonds is 5. The zero-order valence-electron chi connectivity index (χ0n) is 9.80. The molecule has 0 saturated carbocycles. The Morgan fingerprint density at radius 3 is 2.50 bits per heavy atom. The molecule has 0 spiro atoms. The third-order valence-corrected chi connectivity index (χ3v) is 1.92. The van der Waals surface area contributed by atoms with Crippen LogP contribution in [0.15, 0.2) is 24.3 Å². The van der Waals surface area contributed by atoms with Crippen molar-refractivity contribution in [2.24, 2.45) is 0 Å². The molecule has 1 aromatic carbocycles. The Bertz CT molecular complexity index is 462. The Morgan fingerprint density at radius 1 is 1.28 bits per heavy atom. The molecule has 0 aliphatic heterocycles. The number of ether oxygens (including phenoxy) is 2. The zero-order valence-corrected chi connectivity index (χ0v) is 9.80. The summed E-state index contributed by atoms with van der Waals surface area (Å²) in [6.07, 6.45) is 0. The van der Waals surface area contributed by atoms with E-state index in [0.717, 1.165) is 0 Å². The molecule has 0 saturated heterocycles. The second-order valence-electron chi connectivity index (χ2n) is 3.33. The van der Waals surface area contributed by atoms with Crippen molar-refractivity contribution in [2.45, 2.75) is 0 Å². The van der Waals surface area contributed by atoms with Gasteiger partial charge in [-0.1, -0.05) is 0 Å². The van der Waals surface area contributed by atoms with Crippen molar-refractivity contribution in [1.29, 1.82) is 5.26 Å². The number of hydrogen-bond donors (Lipinski definition) is 1. The summed E-state index contributed by atoms with van der Waals surface area (Å²) >= 11 is 0. The van der Waals surface area contributed by atoms with Crippen LogP contribution in [0.1, 0.15) is 5.56 Å². The Kier molecular flexibility index (Phi) is 5.35. The van der Waals surface area contributed by atoms with Crippen LogP contribution in [0, 0.1) is 11.3 Å². The van der Waals surface area contributed by atoms with Gasteiger partial charge >= 0.3 is 5.97 Å². The highest BCUT2D eigenvalue weighted by molar-refractivity contribution is 5.92. The van der Waals surface area contributed by atoms with Gasteiger partial charge < -0.3 is 14.8 Å². The van der Waals surface area contributed by atoms with E-state index in [1.165, 1.54) is 7.11 Å². The fraction of sp³-hybridized carbons (Fsp3) is 0.250. The van der Waals surface area contributed by atoms with Crippen LogP contribution in [0.25, 0.3) is 0 Å². The molecule has 1 amide bonds. The van der Waals surface area contributed by atoms with Crippen LogP contribution in [0.3, 0.4) is 0 Å². The van der Waals surface area contributed by atoms with Crippen molar-refractivity contribution in [3.8, 4) is 6.07 Å². The maximum atomic E-state index is 11.4. The van der Waals surface area contributed by atoms with Crippen LogP contribution in [-0.4, -0.2) is 32.2 Å². The summed E-state index contributed by atoms with van der Waals surface area (Å²) in [6, 6.07) is 8.30. The van der Waals surface area contributed by atoms with Crippen molar-refractivity contribution >= 4 is 17.6 Å². The average Bonchev–Trinajstić information content (AvgIpc) is 2.38. The molecule has 18 heavy (non-hydrogen) atoms.